The van der Waals surface area contributed by atoms with Crippen LogP contribution in [-0.2, 0) is 0 Å². The molecule has 1 aromatic heterocycles. The lowest BCUT2D eigenvalue weighted by molar-refractivity contribution is 0.817. The average Bonchev–Trinajstić information content (AvgIpc) is 2.43. The van der Waals surface area contributed by atoms with E-state index in [-0.39, 0.29) is 0 Å². The molecule has 0 saturated carbocycles. The molecule has 0 fully saturated rings. The minimum Gasteiger partial charge on any atom is -0.373 e. The van der Waals surface area contributed by atoms with Gasteiger partial charge in [-0.25, -0.2) is 9.97 Å². The molecule has 20 heavy (non-hydrogen) atoms. The number of hydrogen-bond acceptors (Lipinski definition) is 3. The van der Waals surface area contributed by atoms with Gasteiger partial charge in [0, 0.05) is 28.8 Å². The SMILES string of the molecule is CNc1cc(C(C)C)nc(-c2cc(C)c(Br)c(C)c2)n1. The quantitative estimate of drug-likeness (QED) is 0.885. The molecule has 0 saturated heterocycles. The molecule has 2 aromatic rings. The van der Waals surface area contributed by atoms with Gasteiger partial charge in [-0.1, -0.05) is 29.8 Å². The topological polar surface area (TPSA) is 37.8 Å². The molecule has 0 unspecified atom stereocenters. The van der Waals surface area contributed by atoms with E-state index in [0.29, 0.717) is 5.92 Å². The van der Waals surface area contributed by atoms with Crippen molar-refractivity contribution in [2.75, 3.05) is 12.4 Å². The average molecular weight is 334 g/mol. The first-order chi connectivity index (χ1) is 9.42. The van der Waals surface area contributed by atoms with Gasteiger partial charge in [0.05, 0.1) is 0 Å². The zero-order chi connectivity index (χ0) is 14.9. The zero-order valence-electron chi connectivity index (χ0n) is 12.6. The highest BCUT2D eigenvalue weighted by atomic mass is 79.9. The van der Waals surface area contributed by atoms with E-state index in [1.807, 2.05) is 13.1 Å². The molecule has 0 bridgehead atoms. The Morgan fingerprint density at radius 1 is 1.05 bits per heavy atom. The molecule has 0 spiro atoms. The number of benzene rings is 1. The first-order valence-electron chi connectivity index (χ1n) is 6.76. The molecule has 0 aliphatic rings. The first kappa shape index (κ1) is 15.0. The molecule has 1 heterocycles. The molecular formula is C16H20BrN3. The second-order valence-electron chi connectivity index (χ2n) is 5.33. The van der Waals surface area contributed by atoms with Crippen LogP contribution in [0.4, 0.5) is 5.82 Å². The summed E-state index contributed by atoms with van der Waals surface area (Å²) < 4.78 is 1.15. The molecule has 1 N–H and O–H groups in total. The summed E-state index contributed by atoms with van der Waals surface area (Å²) in [6.07, 6.45) is 0. The molecule has 4 heteroatoms. The van der Waals surface area contributed by atoms with Crippen LogP contribution in [-0.4, -0.2) is 17.0 Å². The largest absolute Gasteiger partial charge is 0.373 e. The molecular weight excluding hydrogens is 314 g/mol. The third-order valence-electron chi connectivity index (χ3n) is 3.29. The summed E-state index contributed by atoms with van der Waals surface area (Å²) in [5, 5.41) is 3.11. The Bertz CT molecular complexity index is 613. The third-order valence-corrected chi connectivity index (χ3v) is 4.54. The fourth-order valence-electron chi connectivity index (χ4n) is 2.09. The van der Waals surface area contributed by atoms with Gasteiger partial charge < -0.3 is 5.32 Å². The monoisotopic (exact) mass is 333 g/mol. The van der Waals surface area contributed by atoms with Gasteiger partial charge in [-0.05, 0) is 43.0 Å². The number of hydrogen-bond donors (Lipinski definition) is 1. The zero-order valence-corrected chi connectivity index (χ0v) is 14.2. The van der Waals surface area contributed by atoms with Gasteiger partial charge in [-0.2, -0.15) is 0 Å². The Kier molecular flexibility index (Phi) is 4.43. The Morgan fingerprint density at radius 2 is 1.65 bits per heavy atom. The van der Waals surface area contributed by atoms with Crippen molar-refractivity contribution < 1.29 is 0 Å². The van der Waals surface area contributed by atoms with Gasteiger partial charge in [0.25, 0.3) is 0 Å². The van der Waals surface area contributed by atoms with Crippen molar-refractivity contribution in [3.63, 3.8) is 0 Å². The fraction of sp³-hybridized carbons (Fsp3) is 0.375. The summed E-state index contributed by atoms with van der Waals surface area (Å²) in [6, 6.07) is 6.25. The van der Waals surface area contributed by atoms with Crippen LogP contribution in [0, 0.1) is 13.8 Å². The van der Waals surface area contributed by atoms with E-state index in [9.17, 15) is 0 Å². The van der Waals surface area contributed by atoms with E-state index in [2.05, 4.69) is 66.1 Å². The van der Waals surface area contributed by atoms with Crippen molar-refractivity contribution >= 4 is 21.7 Å². The number of nitrogens with zero attached hydrogens (tertiary/aromatic N) is 2. The van der Waals surface area contributed by atoms with Crippen LogP contribution in [0.15, 0.2) is 22.7 Å². The maximum absolute atomic E-state index is 4.70. The van der Waals surface area contributed by atoms with Crippen LogP contribution in [0.1, 0.15) is 36.6 Å². The number of anilines is 1. The molecule has 2 rings (SSSR count). The number of nitrogens with one attached hydrogen (secondary N) is 1. The predicted octanol–water partition coefficient (Wildman–Crippen LogP) is 4.69. The molecule has 1 aromatic carbocycles. The van der Waals surface area contributed by atoms with Crippen molar-refractivity contribution in [1.82, 2.24) is 9.97 Å². The Balaban J connectivity index is 2.60. The van der Waals surface area contributed by atoms with E-state index in [4.69, 9.17) is 4.98 Å². The minimum absolute atomic E-state index is 0.376. The molecule has 0 aliphatic heterocycles. The number of aryl methyl sites for hydroxylation is 2. The van der Waals surface area contributed by atoms with E-state index in [0.717, 1.165) is 27.4 Å². The first-order valence-corrected chi connectivity index (χ1v) is 7.55. The second kappa shape index (κ2) is 5.92. The lowest BCUT2D eigenvalue weighted by Gasteiger charge is -2.12. The van der Waals surface area contributed by atoms with Gasteiger partial charge in [-0.3, -0.25) is 0 Å². The highest BCUT2D eigenvalue weighted by Gasteiger charge is 2.11. The van der Waals surface area contributed by atoms with Gasteiger partial charge in [0.15, 0.2) is 5.82 Å². The molecule has 0 amide bonds. The van der Waals surface area contributed by atoms with E-state index < -0.39 is 0 Å². The number of rotatable bonds is 3. The van der Waals surface area contributed by atoms with E-state index in [1.165, 1.54) is 11.1 Å². The predicted molar refractivity (Wildman–Crippen MR) is 88.3 cm³/mol. The molecule has 0 radical (unpaired) electrons. The summed E-state index contributed by atoms with van der Waals surface area (Å²) in [4.78, 5) is 9.28. The van der Waals surface area contributed by atoms with Crippen LogP contribution in [0.2, 0.25) is 0 Å². The van der Waals surface area contributed by atoms with Crippen molar-refractivity contribution in [2.24, 2.45) is 0 Å². The standard InChI is InChI=1S/C16H20BrN3/c1-9(2)13-8-14(18-5)20-16(19-13)12-6-10(3)15(17)11(4)7-12/h6-9H,1-5H3,(H,18,19,20). The highest BCUT2D eigenvalue weighted by Crippen LogP contribution is 2.28. The highest BCUT2D eigenvalue weighted by molar-refractivity contribution is 9.10. The smallest absolute Gasteiger partial charge is 0.161 e. The normalized spacial score (nSPS) is 10.9. The number of halogens is 1. The summed E-state index contributed by atoms with van der Waals surface area (Å²) in [5.41, 5.74) is 4.51. The van der Waals surface area contributed by atoms with Gasteiger partial charge in [0.2, 0.25) is 0 Å². The Morgan fingerprint density at radius 3 is 2.15 bits per heavy atom. The van der Waals surface area contributed by atoms with E-state index in [1.54, 1.807) is 0 Å². The summed E-state index contributed by atoms with van der Waals surface area (Å²) >= 11 is 3.60. The van der Waals surface area contributed by atoms with Crippen LogP contribution >= 0.6 is 15.9 Å². The van der Waals surface area contributed by atoms with E-state index >= 15 is 0 Å². The number of aromatic nitrogens is 2. The summed E-state index contributed by atoms with van der Waals surface area (Å²) in [6.45, 7) is 8.46. The molecule has 0 atom stereocenters. The molecule has 0 aliphatic carbocycles. The maximum atomic E-state index is 4.70. The summed E-state index contributed by atoms with van der Waals surface area (Å²) in [7, 11) is 1.88. The van der Waals surface area contributed by atoms with Crippen LogP contribution < -0.4 is 5.32 Å². The molecule has 3 nitrogen and oxygen atoms in total. The lowest BCUT2D eigenvalue weighted by Crippen LogP contribution is -2.02. The van der Waals surface area contributed by atoms with Crippen molar-refractivity contribution in [3.05, 3.63) is 39.5 Å². The van der Waals surface area contributed by atoms with Gasteiger partial charge in [-0.15, -0.1) is 0 Å². The maximum Gasteiger partial charge on any atom is 0.161 e. The van der Waals surface area contributed by atoms with Crippen LogP contribution in [0.3, 0.4) is 0 Å². The lowest BCUT2D eigenvalue weighted by atomic mass is 10.1. The minimum atomic E-state index is 0.376. The Hall–Kier alpha value is -1.42. The fourth-order valence-corrected chi connectivity index (χ4v) is 2.32. The van der Waals surface area contributed by atoms with Crippen LogP contribution in [0.5, 0.6) is 0 Å². The van der Waals surface area contributed by atoms with Crippen molar-refractivity contribution in [1.29, 1.82) is 0 Å². The van der Waals surface area contributed by atoms with Gasteiger partial charge in [0.1, 0.15) is 5.82 Å². The van der Waals surface area contributed by atoms with Crippen molar-refractivity contribution in [3.8, 4) is 11.4 Å². The van der Waals surface area contributed by atoms with Gasteiger partial charge >= 0.3 is 0 Å². The molecule has 106 valence electrons. The van der Waals surface area contributed by atoms with Crippen LogP contribution in [0.25, 0.3) is 11.4 Å². The summed E-state index contributed by atoms with van der Waals surface area (Å²) in [5.74, 6) is 2.01. The second-order valence-corrected chi connectivity index (χ2v) is 6.12. The Labute approximate surface area is 129 Å². The third kappa shape index (κ3) is 3.01. The van der Waals surface area contributed by atoms with Crippen molar-refractivity contribution in [2.45, 2.75) is 33.6 Å².